The van der Waals surface area contributed by atoms with Crippen LogP contribution in [0.15, 0.2) is 30.3 Å². The van der Waals surface area contributed by atoms with Crippen LogP contribution in [0.5, 0.6) is 0 Å². The van der Waals surface area contributed by atoms with E-state index in [0.29, 0.717) is 0 Å². The molecule has 0 aliphatic carbocycles. The molecule has 1 nitrogen and oxygen atoms in total. The Morgan fingerprint density at radius 2 is 1.47 bits per heavy atom. The lowest BCUT2D eigenvalue weighted by Crippen LogP contribution is -2.04. The first-order valence-corrected chi connectivity index (χ1v) is 7.36. The number of carbonyl (C=O) groups excluding carboxylic acids is 1. The fourth-order valence-electron chi connectivity index (χ4n) is 2.00. The lowest BCUT2D eigenvalue weighted by atomic mass is 9.97. The molecule has 19 heavy (non-hydrogen) atoms. The maximum absolute atomic E-state index is 12.5. The Balaban J connectivity index is 2.47. The summed E-state index contributed by atoms with van der Waals surface area (Å²) in [5.74, 6) is 0.101. The highest BCUT2D eigenvalue weighted by molar-refractivity contribution is 14.1. The minimum absolute atomic E-state index is 0.101. The number of hydrogen-bond acceptors (Lipinski definition) is 1. The lowest BCUT2D eigenvalue weighted by Gasteiger charge is -2.09. The number of aryl methyl sites for hydroxylation is 3. The second-order valence-electron chi connectivity index (χ2n) is 5.03. The number of halogens is 1. The third-order valence-electron chi connectivity index (χ3n) is 3.64. The Kier molecular flexibility index (Phi) is 4.09. The average Bonchev–Trinajstić information content (AvgIpc) is 2.37. The molecule has 2 aromatic carbocycles. The van der Waals surface area contributed by atoms with E-state index in [9.17, 15) is 4.79 Å². The van der Waals surface area contributed by atoms with Crippen molar-refractivity contribution in [2.45, 2.75) is 27.7 Å². The number of benzene rings is 2. The van der Waals surface area contributed by atoms with Crippen LogP contribution in [0.4, 0.5) is 0 Å². The summed E-state index contributed by atoms with van der Waals surface area (Å²) in [4.78, 5) is 12.5. The van der Waals surface area contributed by atoms with E-state index in [4.69, 9.17) is 0 Å². The molecule has 0 spiro atoms. The molecule has 0 amide bonds. The molecule has 0 fully saturated rings. The third-order valence-corrected chi connectivity index (χ3v) is 4.76. The molecule has 0 saturated heterocycles. The Hall–Kier alpha value is -1.16. The Morgan fingerprint density at radius 1 is 0.842 bits per heavy atom. The van der Waals surface area contributed by atoms with Crippen LogP contribution in [0, 0.1) is 31.3 Å². The predicted octanol–water partition coefficient (Wildman–Crippen LogP) is 4.76. The molecule has 0 aliphatic rings. The topological polar surface area (TPSA) is 17.1 Å². The van der Waals surface area contributed by atoms with Gasteiger partial charge in [0.1, 0.15) is 0 Å². The Bertz CT molecular complexity index is 633. The molecule has 0 saturated carbocycles. The summed E-state index contributed by atoms with van der Waals surface area (Å²) in [5, 5.41) is 0. The van der Waals surface area contributed by atoms with Gasteiger partial charge in [-0.05, 0) is 90.7 Å². The molecular formula is C17H17IO. The van der Waals surface area contributed by atoms with Crippen molar-refractivity contribution in [3.05, 3.63) is 67.3 Å². The first-order chi connectivity index (χ1) is 8.90. The lowest BCUT2D eigenvalue weighted by molar-refractivity contribution is 0.103. The summed E-state index contributed by atoms with van der Waals surface area (Å²) in [6.45, 7) is 8.23. The van der Waals surface area contributed by atoms with Crippen molar-refractivity contribution in [2.24, 2.45) is 0 Å². The maximum atomic E-state index is 12.5. The second-order valence-corrected chi connectivity index (χ2v) is 6.19. The zero-order chi connectivity index (χ0) is 14.2. The van der Waals surface area contributed by atoms with E-state index in [1.165, 1.54) is 16.7 Å². The van der Waals surface area contributed by atoms with Gasteiger partial charge in [-0.1, -0.05) is 12.1 Å². The molecule has 0 atom stereocenters. The van der Waals surface area contributed by atoms with Crippen molar-refractivity contribution < 1.29 is 4.79 Å². The van der Waals surface area contributed by atoms with Gasteiger partial charge in [0.2, 0.25) is 0 Å². The minimum atomic E-state index is 0.101. The number of rotatable bonds is 2. The van der Waals surface area contributed by atoms with E-state index in [1.54, 1.807) is 0 Å². The van der Waals surface area contributed by atoms with Gasteiger partial charge in [-0.15, -0.1) is 0 Å². The first-order valence-electron chi connectivity index (χ1n) is 6.29. The van der Waals surface area contributed by atoms with E-state index in [-0.39, 0.29) is 5.78 Å². The fourth-order valence-corrected chi connectivity index (χ4v) is 2.76. The summed E-state index contributed by atoms with van der Waals surface area (Å²) >= 11 is 2.29. The first kappa shape index (κ1) is 14.3. The van der Waals surface area contributed by atoms with Gasteiger partial charge in [0.15, 0.2) is 5.78 Å². The summed E-state index contributed by atoms with van der Waals surface area (Å²) in [6.07, 6.45) is 0. The van der Waals surface area contributed by atoms with Gasteiger partial charge in [-0.3, -0.25) is 4.79 Å². The van der Waals surface area contributed by atoms with Crippen LogP contribution < -0.4 is 0 Å². The highest BCUT2D eigenvalue weighted by Crippen LogP contribution is 2.21. The van der Waals surface area contributed by atoms with Gasteiger partial charge in [0, 0.05) is 14.7 Å². The largest absolute Gasteiger partial charge is 0.289 e. The average molecular weight is 364 g/mol. The second kappa shape index (κ2) is 5.45. The molecule has 98 valence electrons. The normalized spacial score (nSPS) is 10.6. The van der Waals surface area contributed by atoms with E-state index >= 15 is 0 Å². The quantitative estimate of drug-likeness (QED) is 0.555. The van der Waals surface area contributed by atoms with Crippen LogP contribution in [-0.4, -0.2) is 5.78 Å². The van der Waals surface area contributed by atoms with Gasteiger partial charge in [0.05, 0.1) is 0 Å². The molecule has 0 aromatic heterocycles. The highest BCUT2D eigenvalue weighted by Gasteiger charge is 2.12. The third kappa shape index (κ3) is 2.89. The van der Waals surface area contributed by atoms with Gasteiger partial charge >= 0.3 is 0 Å². The van der Waals surface area contributed by atoms with Gasteiger partial charge in [0.25, 0.3) is 0 Å². The smallest absolute Gasteiger partial charge is 0.193 e. The van der Waals surface area contributed by atoms with Crippen molar-refractivity contribution in [1.82, 2.24) is 0 Å². The van der Waals surface area contributed by atoms with Gasteiger partial charge in [-0.25, -0.2) is 0 Å². The van der Waals surface area contributed by atoms with Crippen molar-refractivity contribution in [3.8, 4) is 0 Å². The zero-order valence-corrected chi connectivity index (χ0v) is 13.8. The van der Waals surface area contributed by atoms with Crippen LogP contribution in [0.1, 0.15) is 38.2 Å². The van der Waals surface area contributed by atoms with Gasteiger partial charge in [-0.2, -0.15) is 0 Å². The van der Waals surface area contributed by atoms with E-state index in [1.807, 2.05) is 37.3 Å². The summed E-state index contributed by atoms with van der Waals surface area (Å²) in [6, 6.07) is 9.84. The molecular weight excluding hydrogens is 347 g/mol. The van der Waals surface area contributed by atoms with Crippen molar-refractivity contribution in [2.75, 3.05) is 0 Å². The van der Waals surface area contributed by atoms with Gasteiger partial charge < -0.3 is 0 Å². The van der Waals surface area contributed by atoms with Crippen LogP contribution in [0.25, 0.3) is 0 Å². The molecule has 0 N–H and O–H groups in total. The highest BCUT2D eigenvalue weighted by atomic mass is 127. The van der Waals surface area contributed by atoms with Crippen LogP contribution >= 0.6 is 22.6 Å². The molecule has 0 unspecified atom stereocenters. The fraction of sp³-hybridized carbons (Fsp3) is 0.235. The van der Waals surface area contributed by atoms with Crippen LogP contribution in [0.2, 0.25) is 0 Å². The molecule has 2 rings (SSSR count). The van der Waals surface area contributed by atoms with E-state index in [2.05, 4.69) is 43.4 Å². The summed E-state index contributed by atoms with van der Waals surface area (Å²) < 4.78 is 1.14. The van der Waals surface area contributed by atoms with Crippen molar-refractivity contribution in [1.29, 1.82) is 0 Å². The number of hydrogen-bond donors (Lipinski definition) is 0. The zero-order valence-electron chi connectivity index (χ0n) is 11.7. The molecule has 2 aromatic rings. The Morgan fingerprint density at radius 3 is 2.05 bits per heavy atom. The number of ketones is 1. The van der Waals surface area contributed by atoms with Crippen LogP contribution in [-0.2, 0) is 0 Å². The molecule has 0 radical (unpaired) electrons. The Labute approximate surface area is 128 Å². The minimum Gasteiger partial charge on any atom is -0.289 e. The molecule has 0 heterocycles. The van der Waals surface area contributed by atoms with Crippen molar-refractivity contribution in [3.63, 3.8) is 0 Å². The summed E-state index contributed by atoms with van der Waals surface area (Å²) in [5.41, 5.74) is 6.32. The van der Waals surface area contributed by atoms with E-state index in [0.717, 1.165) is 20.3 Å². The van der Waals surface area contributed by atoms with Crippen molar-refractivity contribution >= 4 is 28.4 Å². The number of carbonyl (C=O) groups is 1. The SMILES string of the molecule is Cc1ccc(C(=O)c2cc(C)c(C)c(I)c2)cc1C. The predicted molar refractivity (Wildman–Crippen MR) is 88.0 cm³/mol. The molecule has 0 aliphatic heterocycles. The monoisotopic (exact) mass is 364 g/mol. The maximum Gasteiger partial charge on any atom is 0.193 e. The van der Waals surface area contributed by atoms with E-state index < -0.39 is 0 Å². The molecule has 0 bridgehead atoms. The summed E-state index contributed by atoms with van der Waals surface area (Å²) in [7, 11) is 0. The molecule has 2 heteroatoms. The van der Waals surface area contributed by atoms with Crippen LogP contribution in [0.3, 0.4) is 0 Å². The standard InChI is InChI=1S/C17H17IO/c1-10-5-6-14(7-11(10)2)17(19)15-8-12(3)13(4)16(18)9-15/h5-9H,1-4H3.